The van der Waals surface area contributed by atoms with E-state index in [9.17, 15) is 4.39 Å². The van der Waals surface area contributed by atoms with Crippen molar-refractivity contribution < 1.29 is 4.39 Å². The number of rotatable bonds is 3. The third-order valence-corrected chi connectivity index (χ3v) is 2.40. The summed E-state index contributed by atoms with van der Waals surface area (Å²) in [5.74, 6) is 0.191. The van der Waals surface area contributed by atoms with E-state index >= 15 is 0 Å². The van der Waals surface area contributed by atoms with E-state index in [1.807, 2.05) is 0 Å². The van der Waals surface area contributed by atoms with Gasteiger partial charge in [0.05, 0.1) is 15.8 Å². The summed E-state index contributed by atoms with van der Waals surface area (Å²) in [5, 5.41) is 3.16. The van der Waals surface area contributed by atoms with Gasteiger partial charge in [-0.2, -0.15) is 0 Å². The number of hydrogen-bond donors (Lipinski definition) is 2. The van der Waals surface area contributed by atoms with Crippen LogP contribution in [0.5, 0.6) is 0 Å². The molecule has 4 heteroatoms. The second-order valence-corrected chi connectivity index (χ2v) is 4.48. The van der Waals surface area contributed by atoms with Gasteiger partial charge in [-0.1, -0.05) is 13.8 Å². The zero-order chi connectivity index (χ0) is 10.7. The standard InChI is InChI=1S/C10H14BrFN2/c1-6(2)5-14-10-3-7(11)8(12)4-9(10)13/h3-4,6,14H,5,13H2,1-2H3. The minimum Gasteiger partial charge on any atom is -0.397 e. The van der Waals surface area contributed by atoms with Crippen molar-refractivity contribution in [3.05, 3.63) is 22.4 Å². The van der Waals surface area contributed by atoms with Gasteiger partial charge in [-0.15, -0.1) is 0 Å². The first-order valence-electron chi connectivity index (χ1n) is 4.49. The lowest BCUT2D eigenvalue weighted by atomic mass is 10.2. The fraction of sp³-hybridized carbons (Fsp3) is 0.400. The highest BCUT2D eigenvalue weighted by Gasteiger charge is 2.05. The maximum Gasteiger partial charge on any atom is 0.139 e. The largest absolute Gasteiger partial charge is 0.397 e. The van der Waals surface area contributed by atoms with E-state index in [4.69, 9.17) is 5.73 Å². The molecule has 0 atom stereocenters. The Labute approximate surface area is 91.8 Å². The van der Waals surface area contributed by atoms with Crippen LogP contribution in [0, 0.1) is 11.7 Å². The van der Waals surface area contributed by atoms with Crippen molar-refractivity contribution in [2.75, 3.05) is 17.6 Å². The average Bonchev–Trinajstić information content (AvgIpc) is 2.09. The Morgan fingerprint density at radius 3 is 2.71 bits per heavy atom. The molecule has 0 saturated heterocycles. The molecule has 1 aromatic rings. The molecule has 0 unspecified atom stereocenters. The Kier molecular flexibility index (Phi) is 3.75. The third-order valence-electron chi connectivity index (χ3n) is 1.79. The lowest BCUT2D eigenvalue weighted by molar-refractivity contribution is 0.621. The number of benzene rings is 1. The third kappa shape index (κ3) is 2.87. The van der Waals surface area contributed by atoms with E-state index in [1.54, 1.807) is 6.07 Å². The Balaban J connectivity index is 2.82. The molecule has 0 aliphatic heterocycles. The molecule has 0 radical (unpaired) electrons. The minimum atomic E-state index is -0.336. The number of halogens is 2. The highest BCUT2D eigenvalue weighted by Crippen LogP contribution is 2.26. The predicted molar refractivity (Wildman–Crippen MR) is 61.8 cm³/mol. The lowest BCUT2D eigenvalue weighted by Crippen LogP contribution is -2.09. The van der Waals surface area contributed by atoms with Gasteiger partial charge in [0.25, 0.3) is 0 Å². The molecule has 0 aromatic heterocycles. The monoisotopic (exact) mass is 260 g/mol. The number of nitrogens with one attached hydrogen (secondary N) is 1. The molecule has 0 spiro atoms. The molecule has 1 rings (SSSR count). The summed E-state index contributed by atoms with van der Waals surface area (Å²) in [6.45, 7) is 5.02. The van der Waals surface area contributed by atoms with E-state index < -0.39 is 0 Å². The van der Waals surface area contributed by atoms with E-state index in [0.29, 0.717) is 16.1 Å². The molecule has 0 amide bonds. The van der Waals surface area contributed by atoms with Gasteiger partial charge in [0.1, 0.15) is 5.82 Å². The maximum absolute atomic E-state index is 13.0. The Hall–Kier alpha value is -0.770. The van der Waals surface area contributed by atoms with Crippen LogP contribution in [0.25, 0.3) is 0 Å². The quantitative estimate of drug-likeness (QED) is 0.820. The molecule has 78 valence electrons. The second kappa shape index (κ2) is 4.64. The average molecular weight is 261 g/mol. The highest BCUT2D eigenvalue weighted by atomic mass is 79.9. The Bertz CT molecular complexity index is 326. The molecule has 0 saturated carbocycles. The lowest BCUT2D eigenvalue weighted by Gasteiger charge is -2.12. The second-order valence-electron chi connectivity index (χ2n) is 3.63. The molecule has 14 heavy (non-hydrogen) atoms. The molecular formula is C10H14BrFN2. The van der Waals surface area contributed by atoms with Crippen molar-refractivity contribution in [2.45, 2.75) is 13.8 Å². The smallest absolute Gasteiger partial charge is 0.139 e. The first-order valence-corrected chi connectivity index (χ1v) is 5.28. The van der Waals surface area contributed by atoms with Gasteiger partial charge in [-0.05, 0) is 27.9 Å². The zero-order valence-electron chi connectivity index (χ0n) is 8.27. The summed E-state index contributed by atoms with van der Waals surface area (Å²) in [4.78, 5) is 0. The summed E-state index contributed by atoms with van der Waals surface area (Å²) in [7, 11) is 0. The summed E-state index contributed by atoms with van der Waals surface area (Å²) < 4.78 is 13.4. The molecule has 0 heterocycles. The molecular weight excluding hydrogens is 247 g/mol. The number of hydrogen-bond acceptors (Lipinski definition) is 2. The van der Waals surface area contributed by atoms with E-state index in [2.05, 4.69) is 35.1 Å². The van der Waals surface area contributed by atoms with Crippen molar-refractivity contribution in [3.8, 4) is 0 Å². The predicted octanol–water partition coefficient (Wildman–Crippen LogP) is 3.24. The summed E-state index contributed by atoms with van der Waals surface area (Å²) in [6.07, 6.45) is 0. The van der Waals surface area contributed by atoms with Gasteiger partial charge in [0, 0.05) is 12.6 Å². The molecule has 0 aliphatic rings. The van der Waals surface area contributed by atoms with Gasteiger partial charge < -0.3 is 11.1 Å². The van der Waals surface area contributed by atoms with Crippen molar-refractivity contribution in [1.82, 2.24) is 0 Å². The van der Waals surface area contributed by atoms with Crippen LogP contribution in [0.3, 0.4) is 0 Å². The van der Waals surface area contributed by atoms with Crippen molar-refractivity contribution in [1.29, 1.82) is 0 Å². The van der Waals surface area contributed by atoms with Crippen LogP contribution in [0.2, 0.25) is 0 Å². The van der Waals surface area contributed by atoms with E-state index in [1.165, 1.54) is 6.07 Å². The SMILES string of the molecule is CC(C)CNc1cc(Br)c(F)cc1N. The fourth-order valence-electron chi connectivity index (χ4n) is 1.03. The molecule has 0 bridgehead atoms. The minimum absolute atomic E-state index is 0.336. The van der Waals surface area contributed by atoms with Gasteiger partial charge in [-0.3, -0.25) is 0 Å². The number of anilines is 2. The molecule has 0 aliphatic carbocycles. The zero-order valence-corrected chi connectivity index (χ0v) is 9.86. The summed E-state index contributed by atoms with van der Waals surface area (Å²) >= 11 is 3.12. The molecule has 2 nitrogen and oxygen atoms in total. The normalized spacial score (nSPS) is 10.6. The molecule has 1 aromatic carbocycles. The van der Waals surface area contributed by atoms with Crippen LogP contribution in [0.15, 0.2) is 16.6 Å². The topological polar surface area (TPSA) is 38.0 Å². The van der Waals surface area contributed by atoms with Gasteiger partial charge >= 0.3 is 0 Å². The van der Waals surface area contributed by atoms with Crippen LogP contribution in [0.1, 0.15) is 13.8 Å². The molecule has 3 N–H and O–H groups in total. The van der Waals surface area contributed by atoms with E-state index in [0.717, 1.165) is 12.2 Å². The van der Waals surface area contributed by atoms with Gasteiger partial charge in [0.15, 0.2) is 0 Å². The fourth-order valence-corrected chi connectivity index (χ4v) is 1.37. The van der Waals surface area contributed by atoms with E-state index in [-0.39, 0.29) is 5.82 Å². The Morgan fingerprint density at radius 1 is 1.50 bits per heavy atom. The van der Waals surface area contributed by atoms with Crippen LogP contribution < -0.4 is 11.1 Å². The van der Waals surface area contributed by atoms with Crippen molar-refractivity contribution in [3.63, 3.8) is 0 Å². The number of nitrogens with two attached hydrogens (primary N) is 1. The van der Waals surface area contributed by atoms with Gasteiger partial charge in [-0.25, -0.2) is 4.39 Å². The highest BCUT2D eigenvalue weighted by molar-refractivity contribution is 9.10. The van der Waals surface area contributed by atoms with Crippen LogP contribution >= 0.6 is 15.9 Å². The summed E-state index contributed by atoms with van der Waals surface area (Å²) in [5.41, 5.74) is 6.86. The molecule has 0 fully saturated rings. The van der Waals surface area contributed by atoms with Gasteiger partial charge in [0.2, 0.25) is 0 Å². The van der Waals surface area contributed by atoms with Crippen molar-refractivity contribution in [2.24, 2.45) is 5.92 Å². The van der Waals surface area contributed by atoms with Crippen molar-refractivity contribution >= 4 is 27.3 Å². The van der Waals surface area contributed by atoms with Crippen LogP contribution in [-0.4, -0.2) is 6.54 Å². The van der Waals surface area contributed by atoms with Crippen LogP contribution in [0.4, 0.5) is 15.8 Å². The van der Waals surface area contributed by atoms with Crippen LogP contribution in [-0.2, 0) is 0 Å². The first kappa shape index (κ1) is 11.3. The number of nitrogen functional groups attached to an aromatic ring is 1. The summed E-state index contributed by atoms with van der Waals surface area (Å²) in [6, 6.07) is 2.97. The first-order chi connectivity index (χ1) is 6.50. The maximum atomic E-state index is 13.0. The Morgan fingerprint density at radius 2 is 2.14 bits per heavy atom.